The van der Waals surface area contributed by atoms with Gasteiger partial charge in [-0.2, -0.15) is 0 Å². The molecule has 4 aliphatic carbocycles. The van der Waals surface area contributed by atoms with Crippen LogP contribution in [0.25, 0.3) is 0 Å². The Morgan fingerprint density at radius 1 is 1.10 bits per heavy atom. The van der Waals surface area contributed by atoms with Crippen LogP contribution in [-0.4, -0.2) is 39.5 Å². The highest BCUT2D eigenvalue weighted by Gasteiger charge is 2.53. The molecule has 0 spiro atoms. The number of aromatic nitrogens is 2. The van der Waals surface area contributed by atoms with Gasteiger partial charge in [-0.15, -0.1) is 21.5 Å². The van der Waals surface area contributed by atoms with Crippen molar-refractivity contribution in [1.29, 1.82) is 0 Å². The Kier molecular flexibility index (Phi) is 4.49. The normalized spacial score (nSPS) is 34.5. The van der Waals surface area contributed by atoms with E-state index in [4.69, 9.17) is 0 Å². The molecule has 5 aliphatic rings. The van der Waals surface area contributed by atoms with Gasteiger partial charge in [-0.1, -0.05) is 17.4 Å². The summed E-state index contributed by atoms with van der Waals surface area (Å²) in [5.74, 6) is 2.38. The quantitative estimate of drug-likeness (QED) is 0.766. The van der Waals surface area contributed by atoms with Gasteiger partial charge < -0.3 is 4.90 Å². The zero-order valence-corrected chi connectivity index (χ0v) is 18.5. The van der Waals surface area contributed by atoms with Crippen LogP contribution >= 0.6 is 22.7 Å². The third-order valence-electron chi connectivity index (χ3n) is 7.70. The minimum atomic E-state index is -0.425. The summed E-state index contributed by atoms with van der Waals surface area (Å²) in [6.45, 7) is 0.628. The molecule has 4 saturated carbocycles. The minimum Gasteiger partial charge on any atom is -0.326 e. The van der Waals surface area contributed by atoms with Crippen LogP contribution in [0.3, 0.4) is 0 Å². The zero-order chi connectivity index (χ0) is 20.3. The second-order valence-electron chi connectivity index (χ2n) is 9.73. The summed E-state index contributed by atoms with van der Waals surface area (Å²) < 4.78 is 0. The van der Waals surface area contributed by atoms with Gasteiger partial charge in [0.1, 0.15) is 11.0 Å². The molecule has 2 aromatic rings. The molecule has 4 bridgehead atoms. The molecular formula is C22H26N4O2S2. The summed E-state index contributed by atoms with van der Waals surface area (Å²) in [4.78, 5) is 28.2. The summed E-state index contributed by atoms with van der Waals surface area (Å²) in [6.07, 6.45) is 9.48. The number of thiophene rings is 1. The average molecular weight is 443 g/mol. The van der Waals surface area contributed by atoms with Gasteiger partial charge in [0.05, 0.1) is 4.88 Å². The summed E-state index contributed by atoms with van der Waals surface area (Å²) in [5.41, 5.74) is 0.198. The lowest BCUT2D eigenvalue weighted by Crippen LogP contribution is -2.48. The monoisotopic (exact) mass is 442 g/mol. The molecule has 3 heterocycles. The van der Waals surface area contributed by atoms with Gasteiger partial charge in [0.2, 0.25) is 11.0 Å². The minimum absolute atomic E-state index is 0.0471. The average Bonchev–Trinajstić information content (AvgIpc) is 3.47. The lowest BCUT2D eigenvalue weighted by atomic mass is 9.50. The number of rotatable bonds is 4. The van der Waals surface area contributed by atoms with Gasteiger partial charge in [0.25, 0.3) is 5.91 Å². The Labute approximate surface area is 184 Å². The first-order valence-corrected chi connectivity index (χ1v) is 12.8. The molecular weight excluding hydrogens is 416 g/mol. The third kappa shape index (κ3) is 3.11. The fourth-order valence-electron chi connectivity index (χ4n) is 6.87. The van der Waals surface area contributed by atoms with E-state index in [1.54, 1.807) is 16.2 Å². The SMILES string of the molecule is O=C(Nc1nnc(C23CC4CC(CC(C4)C2)C3)s1)C1CCCN1C(=O)c1cccs1. The maximum Gasteiger partial charge on any atom is 0.264 e. The first-order chi connectivity index (χ1) is 14.6. The lowest BCUT2D eigenvalue weighted by Gasteiger charge is -2.55. The topological polar surface area (TPSA) is 75.2 Å². The largest absolute Gasteiger partial charge is 0.326 e. The van der Waals surface area contributed by atoms with E-state index >= 15 is 0 Å². The Bertz CT molecular complexity index is 934. The van der Waals surface area contributed by atoms with Crippen molar-refractivity contribution in [2.75, 3.05) is 11.9 Å². The first-order valence-electron chi connectivity index (χ1n) is 11.1. The van der Waals surface area contributed by atoms with E-state index < -0.39 is 6.04 Å². The zero-order valence-electron chi connectivity index (χ0n) is 16.9. The van der Waals surface area contributed by atoms with Crippen LogP contribution in [0.1, 0.15) is 66.0 Å². The molecule has 2 aromatic heterocycles. The third-order valence-corrected chi connectivity index (χ3v) is 9.64. The van der Waals surface area contributed by atoms with Crippen molar-refractivity contribution >= 4 is 39.6 Å². The van der Waals surface area contributed by atoms with Crippen molar-refractivity contribution in [3.05, 3.63) is 27.4 Å². The van der Waals surface area contributed by atoms with Crippen LogP contribution < -0.4 is 5.32 Å². The summed E-state index contributed by atoms with van der Waals surface area (Å²) >= 11 is 2.98. The molecule has 30 heavy (non-hydrogen) atoms. The highest BCUT2D eigenvalue weighted by atomic mass is 32.1. The van der Waals surface area contributed by atoms with Gasteiger partial charge in [-0.3, -0.25) is 14.9 Å². The summed E-state index contributed by atoms with van der Waals surface area (Å²) in [6, 6.07) is 3.27. The van der Waals surface area contributed by atoms with Gasteiger partial charge in [0.15, 0.2) is 0 Å². The van der Waals surface area contributed by atoms with Crippen molar-refractivity contribution in [1.82, 2.24) is 15.1 Å². The van der Waals surface area contributed by atoms with E-state index in [0.29, 0.717) is 23.0 Å². The number of nitrogens with one attached hydrogen (secondary N) is 1. The van der Waals surface area contributed by atoms with Crippen LogP contribution in [0.4, 0.5) is 5.13 Å². The van der Waals surface area contributed by atoms with Crippen LogP contribution in [0.15, 0.2) is 17.5 Å². The fraction of sp³-hybridized carbons (Fsp3) is 0.636. The Balaban J connectivity index is 1.17. The maximum absolute atomic E-state index is 13.0. The van der Waals surface area contributed by atoms with Gasteiger partial charge >= 0.3 is 0 Å². The molecule has 1 saturated heterocycles. The molecule has 8 heteroatoms. The van der Waals surface area contributed by atoms with E-state index in [9.17, 15) is 9.59 Å². The van der Waals surface area contributed by atoms with Crippen LogP contribution in [0.5, 0.6) is 0 Å². The van der Waals surface area contributed by atoms with E-state index in [2.05, 4.69) is 15.5 Å². The molecule has 6 nitrogen and oxygen atoms in total. The Morgan fingerprint density at radius 2 is 1.83 bits per heavy atom. The second kappa shape index (κ2) is 7.12. The second-order valence-corrected chi connectivity index (χ2v) is 11.7. The molecule has 1 atom stereocenters. The number of hydrogen-bond acceptors (Lipinski definition) is 6. The van der Waals surface area contributed by atoms with Crippen LogP contribution in [0.2, 0.25) is 0 Å². The van der Waals surface area contributed by atoms with Crippen molar-refractivity contribution in [2.45, 2.75) is 62.8 Å². The van der Waals surface area contributed by atoms with Crippen LogP contribution in [0, 0.1) is 17.8 Å². The molecule has 5 fully saturated rings. The smallest absolute Gasteiger partial charge is 0.264 e. The van der Waals surface area contributed by atoms with Gasteiger partial charge in [0, 0.05) is 12.0 Å². The molecule has 2 amide bonds. The maximum atomic E-state index is 13.0. The lowest BCUT2D eigenvalue weighted by molar-refractivity contribution is -0.119. The van der Waals surface area contributed by atoms with Crippen molar-refractivity contribution in [3.8, 4) is 0 Å². The first kappa shape index (κ1) is 18.9. The summed E-state index contributed by atoms with van der Waals surface area (Å²) in [7, 11) is 0. The molecule has 7 rings (SSSR count). The van der Waals surface area contributed by atoms with Gasteiger partial charge in [-0.25, -0.2) is 0 Å². The molecule has 0 aromatic carbocycles. The number of anilines is 1. The number of likely N-dealkylation sites (tertiary alicyclic amines) is 1. The molecule has 1 aliphatic heterocycles. The molecule has 1 N–H and O–H groups in total. The number of carbonyl (C=O) groups excluding carboxylic acids is 2. The van der Waals surface area contributed by atoms with E-state index in [-0.39, 0.29) is 17.2 Å². The van der Waals surface area contributed by atoms with Crippen molar-refractivity contribution in [2.24, 2.45) is 17.8 Å². The number of carbonyl (C=O) groups is 2. The molecule has 0 radical (unpaired) electrons. The van der Waals surface area contributed by atoms with Crippen molar-refractivity contribution in [3.63, 3.8) is 0 Å². The van der Waals surface area contributed by atoms with E-state index in [1.165, 1.54) is 49.9 Å². The Hall–Kier alpha value is -1.80. The van der Waals surface area contributed by atoms with Crippen molar-refractivity contribution < 1.29 is 9.59 Å². The predicted molar refractivity (Wildman–Crippen MR) is 117 cm³/mol. The van der Waals surface area contributed by atoms with Crippen LogP contribution in [-0.2, 0) is 10.2 Å². The standard InChI is InChI=1S/C22H26N4O2S2/c27-18(16-3-1-5-26(16)19(28)17-4-2-6-29-17)23-21-25-24-20(30-21)22-10-13-7-14(11-22)9-15(8-13)12-22/h2,4,6,13-16H,1,3,5,7-12H2,(H,23,25,27). The van der Waals surface area contributed by atoms with E-state index in [1.807, 2.05) is 17.5 Å². The number of amides is 2. The number of nitrogens with zero attached hydrogens (tertiary/aromatic N) is 3. The Morgan fingerprint density at radius 3 is 2.50 bits per heavy atom. The summed E-state index contributed by atoms with van der Waals surface area (Å²) in [5, 5.41) is 15.5. The number of hydrogen-bond donors (Lipinski definition) is 1. The highest BCUT2D eigenvalue weighted by Crippen LogP contribution is 2.61. The predicted octanol–water partition coefficient (Wildman–Crippen LogP) is 4.31. The molecule has 1 unspecified atom stereocenters. The van der Waals surface area contributed by atoms with Gasteiger partial charge in [-0.05, 0) is 80.6 Å². The fourth-order valence-corrected chi connectivity index (χ4v) is 8.52. The molecule has 158 valence electrons. The highest BCUT2D eigenvalue weighted by molar-refractivity contribution is 7.15. The van der Waals surface area contributed by atoms with E-state index in [0.717, 1.165) is 29.2 Å².